The quantitative estimate of drug-likeness (QED) is 0.782. The Hall–Kier alpha value is -0.890. The summed E-state index contributed by atoms with van der Waals surface area (Å²) in [5, 5.41) is 3.01. The highest BCUT2D eigenvalue weighted by Crippen LogP contribution is 2.24. The SMILES string of the molecule is CCN(CC)C1CCN(S(=O)(=O)c2c[nH]c(CNC)c2)C1. The number of nitrogens with one attached hydrogen (secondary N) is 2. The average molecular weight is 314 g/mol. The Balaban J connectivity index is 2.10. The molecule has 0 bridgehead atoms. The summed E-state index contributed by atoms with van der Waals surface area (Å²) in [4.78, 5) is 5.71. The van der Waals surface area contributed by atoms with E-state index < -0.39 is 10.0 Å². The first kappa shape index (κ1) is 16.5. The van der Waals surface area contributed by atoms with E-state index in [-0.39, 0.29) is 0 Å². The van der Waals surface area contributed by atoms with Crippen LogP contribution in [0.2, 0.25) is 0 Å². The zero-order valence-corrected chi connectivity index (χ0v) is 13.9. The van der Waals surface area contributed by atoms with Crippen molar-refractivity contribution >= 4 is 10.0 Å². The van der Waals surface area contributed by atoms with E-state index in [4.69, 9.17) is 0 Å². The van der Waals surface area contributed by atoms with E-state index in [0.29, 0.717) is 30.6 Å². The van der Waals surface area contributed by atoms with Gasteiger partial charge in [0.1, 0.15) is 0 Å². The summed E-state index contributed by atoms with van der Waals surface area (Å²) in [5.74, 6) is 0. The minimum atomic E-state index is -3.37. The summed E-state index contributed by atoms with van der Waals surface area (Å²) in [6.07, 6.45) is 2.50. The number of aromatic amines is 1. The van der Waals surface area contributed by atoms with Crippen molar-refractivity contribution in [2.24, 2.45) is 0 Å². The highest BCUT2D eigenvalue weighted by molar-refractivity contribution is 7.89. The van der Waals surface area contributed by atoms with Crippen LogP contribution in [0.5, 0.6) is 0 Å². The number of hydrogen-bond acceptors (Lipinski definition) is 4. The minimum absolute atomic E-state index is 0.338. The molecule has 1 aromatic rings. The van der Waals surface area contributed by atoms with E-state index in [9.17, 15) is 8.42 Å². The Morgan fingerprint density at radius 2 is 2.14 bits per heavy atom. The van der Waals surface area contributed by atoms with E-state index in [1.54, 1.807) is 16.6 Å². The van der Waals surface area contributed by atoms with Crippen LogP contribution < -0.4 is 5.32 Å². The number of sulfonamides is 1. The van der Waals surface area contributed by atoms with Crippen molar-refractivity contribution in [2.75, 3.05) is 33.2 Å². The van der Waals surface area contributed by atoms with E-state index >= 15 is 0 Å². The Bertz CT molecular complexity index is 551. The zero-order chi connectivity index (χ0) is 15.5. The van der Waals surface area contributed by atoms with Gasteiger partial charge in [-0.3, -0.25) is 4.90 Å². The summed E-state index contributed by atoms with van der Waals surface area (Å²) < 4.78 is 26.9. The first-order valence-electron chi connectivity index (χ1n) is 7.59. The van der Waals surface area contributed by atoms with E-state index in [1.807, 2.05) is 7.05 Å². The molecular formula is C14H26N4O2S. The van der Waals surface area contributed by atoms with Gasteiger partial charge < -0.3 is 10.3 Å². The van der Waals surface area contributed by atoms with Crippen LogP contribution in [-0.4, -0.2) is 61.9 Å². The normalized spacial score (nSPS) is 20.5. The molecule has 1 atom stereocenters. The monoisotopic (exact) mass is 314 g/mol. The highest BCUT2D eigenvalue weighted by atomic mass is 32.2. The number of hydrogen-bond donors (Lipinski definition) is 2. The Morgan fingerprint density at radius 1 is 1.43 bits per heavy atom. The maximum atomic E-state index is 12.7. The second-order valence-electron chi connectivity index (χ2n) is 5.42. The standard InChI is InChI=1S/C14H26N4O2S/c1-4-17(5-2)13-6-7-18(11-13)21(19,20)14-8-12(9-15-3)16-10-14/h8,10,13,15-16H,4-7,9,11H2,1-3H3. The van der Waals surface area contributed by atoms with Gasteiger partial charge in [0.05, 0.1) is 4.90 Å². The lowest BCUT2D eigenvalue weighted by molar-refractivity contribution is 0.224. The fraction of sp³-hybridized carbons (Fsp3) is 0.714. The van der Waals surface area contributed by atoms with Gasteiger partial charge >= 0.3 is 0 Å². The Morgan fingerprint density at radius 3 is 2.76 bits per heavy atom. The van der Waals surface area contributed by atoms with Gasteiger partial charge in [-0.15, -0.1) is 0 Å². The lowest BCUT2D eigenvalue weighted by atomic mass is 10.2. The van der Waals surface area contributed by atoms with Gasteiger partial charge in [0.2, 0.25) is 10.0 Å². The predicted molar refractivity (Wildman–Crippen MR) is 83.6 cm³/mol. The molecule has 1 aliphatic heterocycles. The van der Waals surface area contributed by atoms with E-state index in [2.05, 4.69) is 29.0 Å². The van der Waals surface area contributed by atoms with Crippen LogP contribution in [0, 0.1) is 0 Å². The topological polar surface area (TPSA) is 68.4 Å². The smallest absolute Gasteiger partial charge is 0.244 e. The lowest BCUT2D eigenvalue weighted by Crippen LogP contribution is -2.38. The molecule has 1 aromatic heterocycles. The maximum absolute atomic E-state index is 12.7. The minimum Gasteiger partial charge on any atom is -0.363 e. The van der Waals surface area contributed by atoms with Gasteiger partial charge in [-0.1, -0.05) is 13.8 Å². The number of likely N-dealkylation sites (N-methyl/N-ethyl adjacent to an activating group) is 1. The molecule has 1 fully saturated rings. The summed E-state index contributed by atoms with van der Waals surface area (Å²) in [7, 11) is -1.53. The molecule has 7 heteroatoms. The van der Waals surface area contributed by atoms with Gasteiger partial charge in [-0.05, 0) is 32.6 Å². The Labute approximate surface area is 127 Å². The number of rotatable bonds is 7. The van der Waals surface area contributed by atoms with Crippen molar-refractivity contribution in [3.8, 4) is 0 Å². The first-order chi connectivity index (χ1) is 10.0. The van der Waals surface area contributed by atoms with Gasteiger partial charge in [0.25, 0.3) is 0 Å². The van der Waals surface area contributed by atoms with Crippen LogP contribution in [0.1, 0.15) is 26.0 Å². The number of nitrogens with zero attached hydrogens (tertiary/aromatic N) is 2. The maximum Gasteiger partial charge on any atom is 0.244 e. The second kappa shape index (κ2) is 6.91. The number of H-pyrrole nitrogens is 1. The molecule has 2 heterocycles. The van der Waals surface area contributed by atoms with Crippen LogP contribution in [0.15, 0.2) is 17.2 Å². The largest absolute Gasteiger partial charge is 0.363 e. The predicted octanol–water partition coefficient (Wildman–Crippen LogP) is 0.839. The molecule has 0 aliphatic carbocycles. The van der Waals surface area contributed by atoms with Crippen molar-refractivity contribution in [2.45, 2.75) is 37.8 Å². The zero-order valence-electron chi connectivity index (χ0n) is 13.1. The van der Waals surface area contributed by atoms with Crippen molar-refractivity contribution in [3.63, 3.8) is 0 Å². The molecule has 1 saturated heterocycles. The summed E-state index contributed by atoms with van der Waals surface area (Å²) in [6.45, 7) is 8.01. The van der Waals surface area contributed by atoms with Crippen LogP contribution in [0.25, 0.3) is 0 Å². The molecule has 0 saturated carbocycles. The molecule has 0 aromatic carbocycles. The molecule has 1 unspecified atom stereocenters. The molecule has 6 nitrogen and oxygen atoms in total. The summed E-state index contributed by atoms with van der Waals surface area (Å²) in [5.41, 5.74) is 0.885. The van der Waals surface area contributed by atoms with Crippen LogP contribution >= 0.6 is 0 Å². The number of aromatic nitrogens is 1. The van der Waals surface area contributed by atoms with Gasteiger partial charge in [-0.25, -0.2) is 8.42 Å². The lowest BCUT2D eigenvalue weighted by Gasteiger charge is -2.25. The fourth-order valence-corrected chi connectivity index (χ4v) is 4.49. The third-order valence-corrected chi connectivity index (χ3v) is 6.02. The molecule has 120 valence electrons. The van der Waals surface area contributed by atoms with Crippen LogP contribution in [-0.2, 0) is 16.6 Å². The average Bonchev–Trinajstić information content (AvgIpc) is 3.10. The fourth-order valence-electron chi connectivity index (χ4n) is 2.98. The van der Waals surface area contributed by atoms with E-state index in [0.717, 1.165) is 25.2 Å². The summed E-state index contributed by atoms with van der Waals surface area (Å²) >= 11 is 0. The van der Waals surface area contributed by atoms with Crippen molar-refractivity contribution in [1.82, 2.24) is 19.5 Å². The molecule has 2 N–H and O–H groups in total. The molecule has 1 aliphatic rings. The molecule has 0 spiro atoms. The molecule has 0 amide bonds. The molecule has 21 heavy (non-hydrogen) atoms. The van der Waals surface area contributed by atoms with E-state index in [1.165, 1.54) is 0 Å². The van der Waals surface area contributed by atoms with Crippen LogP contribution in [0.3, 0.4) is 0 Å². The molecular weight excluding hydrogens is 288 g/mol. The van der Waals surface area contributed by atoms with Crippen molar-refractivity contribution < 1.29 is 8.42 Å². The van der Waals surface area contributed by atoms with Crippen molar-refractivity contribution in [1.29, 1.82) is 0 Å². The van der Waals surface area contributed by atoms with Crippen molar-refractivity contribution in [3.05, 3.63) is 18.0 Å². The first-order valence-corrected chi connectivity index (χ1v) is 9.03. The molecule has 2 rings (SSSR count). The molecule has 0 radical (unpaired) electrons. The third kappa shape index (κ3) is 3.48. The summed E-state index contributed by atoms with van der Waals surface area (Å²) in [6, 6.07) is 2.06. The van der Waals surface area contributed by atoms with Gasteiger partial charge in [-0.2, -0.15) is 4.31 Å². The third-order valence-electron chi connectivity index (χ3n) is 4.18. The van der Waals surface area contributed by atoms with Gasteiger partial charge in [0, 0.05) is 37.6 Å². The van der Waals surface area contributed by atoms with Gasteiger partial charge in [0.15, 0.2) is 0 Å². The highest BCUT2D eigenvalue weighted by Gasteiger charge is 2.34. The second-order valence-corrected chi connectivity index (χ2v) is 7.36. The van der Waals surface area contributed by atoms with Crippen LogP contribution in [0.4, 0.5) is 0 Å². The Kier molecular flexibility index (Phi) is 5.43.